The number of nitrogens with one attached hydrogen (secondary N) is 1. The molecule has 0 radical (unpaired) electrons. The molecule has 19 heavy (non-hydrogen) atoms. The Balaban J connectivity index is 2.18. The summed E-state index contributed by atoms with van der Waals surface area (Å²) in [6, 6.07) is 0.665. The van der Waals surface area contributed by atoms with Crippen LogP contribution in [0.2, 0.25) is 0 Å². The molecule has 112 valence electrons. The number of urea groups is 1. The van der Waals surface area contributed by atoms with Crippen molar-refractivity contribution in [2.24, 2.45) is 0 Å². The minimum Gasteiger partial charge on any atom is -0.337 e. The Labute approximate surface area is 117 Å². The molecule has 1 heterocycles. The fourth-order valence-corrected chi connectivity index (χ4v) is 2.25. The Hall–Kier alpha value is -0.810. The Morgan fingerprint density at radius 2 is 1.89 bits per heavy atom. The summed E-state index contributed by atoms with van der Waals surface area (Å²) in [5.41, 5.74) is 0. The second-order valence-electron chi connectivity index (χ2n) is 5.39. The highest BCUT2D eigenvalue weighted by Crippen LogP contribution is 2.01. The lowest BCUT2D eigenvalue weighted by Gasteiger charge is -2.34. The first-order valence-corrected chi connectivity index (χ1v) is 7.53. The van der Waals surface area contributed by atoms with Crippen LogP contribution in [0.15, 0.2) is 0 Å². The van der Waals surface area contributed by atoms with Gasteiger partial charge < -0.3 is 20.0 Å². The van der Waals surface area contributed by atoms with Gasteiger partial charge in [-0.1, -0.05) is 13.8 Å². The number of carbonyl (C=O) groups excluding carboxylic acids is 1. The van der Waals surface area contributed by atoms with Crippen molar-refractivity contribution in [3.63, 3.8) is 0 Å². The number of rotatable bonds is 6. The smallest absolute Gasteiger partial charge is 0.317 e. The highest BCUT2D eigenvalue weighted by Gasteiger charge is 2.19. The molecule has 1 saturated heterocycles. The van der Waals surface area contributed by atoms with E-state index in [1.54, 1.807) is 0 Å². The third kappa shape index (κ3) is 5.37. The van der Waals surface area contributed by atoms with Gasteiger partial charge in [0.1, 0.15) is 0 Å². The first kappa shape index (κ1) is 16.2. The number of hydrogen-bond donors (Lipinski definition) is 1. The molecular formula is C14H30N4O. The van der Waals surface area contributed by atoms with E-state index in [1.807, 2.05) is 4.90 Å². The first-order valence-electron chi connectivity index (χ1n) is 7.53. The van der Waals surface area contributed by atoms with Gasteiger partial charge in [0.25, 0.3) is 0 Å². The Morgan fingerprint density at radius 1 is 1.26 bits per heavy atom. The van der Waals surface area contributed by atoms with Gasteiger partial charge in [0.05, 0.1) is 0 Å². The van der Waals surface area contributed by atoms with Gasteiger partial charge in [0, 0.05) is 45.3 Å². The number of likely N-dealkylation sites (N-methyl/N-ethyl adjacent to an activating group) is 2. The molecule has 0 aromatic carbocycles. The summed E-state index contributed by atoms with van der Waals surface area (Å²) >= 11 is 0. The van der Waals surface area contributed by atoms with E-state index in [4.69, 9.17) is 0 Å². The van der Waals surface area contributed by atoms with Crippen molar-refractivity contribution in [1.29, 1.82) is 0 Å². The van der Waals surface area contributed by atoms with Crippen LogP contribution >= 0.6 is 0 Å². The van der Waals surface area contributed by atoms with Gasteiger partial charge in [0.15, 0.2) is 0 Å². The molecule has 0 spiro atoms. The van der Waals surface area contributed by atoms with Crippen LogP contribution in [0, 0.1) is 0 Å². The molecule has 1 fully saturated rings. The Bertz CT molecular complexity index is 264. The average molecular weight is 270 g/mol. The molecule has 1 aliphatic heterocycles. The van der Waals surface area contributed by atoms with Crippen LogP contribution in [0.1, 0.15) is 27.2 Å². The number of hydrogen-bond acceptors (Lipinski definition) is 3. The van der Waals surface area contributed by atoms with Crippen molar-refractivity contribution < 1.29 is 4.79 Å². The van der Waals surface area contributed by atoms with Gasteiger partial charge in [-0.2, -0.15) is 0 Å². The molecule has 2 amide bonds. The van der Waals surface area contributed by atoms with E-state index in [0.29, 0.717) is 6.04 Å². The molecule has 1 unspecified atom stereocenters. The second-order valence-corrected chi connectivity index (χ2v) is 5.39. The Morgan fingerprint density at radius 3 is 2.42 bits per heavy atom. The van der Waals surface area contributed by atoms with Crippen molar-refractivity contribution in [3.05, 3.63) is 0 Å². The zero-order valence-electron chi connectivity index (χ0n) is 13.0. The summed E-state index contributed by atoms with van der Waals surface area (Å²) in [5, 5.41) is 3.02. The molecule has 1 aliphatic rings. The standard InChI is InChI=1S/C14H30N4O/c1-5-13(3)16(4)8-7-15-14(19)18-11-9-17(6-2)10-12-18/h13H,5-12H2,1-4H3,(H,15,19). The predicted octanol–water partition coefficient (Wildman–Crippen LogP) is 1.06. The fraction of sp³-hybridized carbons (Fsp3) is 0.929. The molecular weight excluding hydrogens is 240 g/mol. The van der Waals surface area contributed by atoms with Gasteiger partial charge in [-0.3, -0.25) is 0 Å². The third-order valence-corrected chi connectivity index (χ3v) is 4.19. The van der Waals surface area contributed by atoms with E-state index in [1.165, 1.54) is 0 Å². The molecule has 0 saturated carbocycles. The van der Waals surface area contributed by atoms with Crippen molar-refractivity contribution in [2.75, 3.05) is 52.9 Å². The molecule has 0 bridgehead atoms. The molecule has 0 aliphatic carbocycles. The van der Waals surface area contributed by atoms with Crippen LogP contribution in [0.25, 0.3) is 0 Å². The van der Waals surface area contributed by atoms with E-state index in [0.717, 1.165) is 52.2 Å². The Kier molecular flexibility index (Phi) is 7.16. The normalized spacial score (nSPS) is 18.7. The van der Waals surface area contributed by atoms with Crippen LogP contribution in [-0.4, -0.2) is 79.6 Å². The number of amides is 2. The van der Waals surface area contributed by atoms with Gasteiger partial charge in [-0.25, -0.2) is 4.79 Å². The van der Waals surface area contributed by atoms with Crippen LogP contribution in [0.3, 0.4) is 0 Å². The topological polar surface area (TPSA) is 38.8 Å². The SMILES string of the molecule is CCC(C)N(C)CCNC(=O)N1CCN(CC)CC1. The lowest BCUT2D eigenvalue weighted by atomic mass is 10.2. The highest BCUT2D eigenvalue weighted by atomic mass is 16.2. The molecule has 0 aromatic heterocycles. The van der Waals surface area contributed by atoms with E-state index in [9.17, 15) is 4.79 Å². The van der Waals surface area contributed by atoms with E-state index in [2.05, 4.69) is 42.9 Å². The summed E-state index contributed by atoms with van der Waals surface area (Å²) in [7, 11) is 2.11. The van der Waals surface area contributed by atoms with Crippen LogP contribution in [0.5, 0.6) is 0 Å². The maximum atomic E-state index is 12.0. The average Bonchev–Trinajstić information content (AvgIpc) is 2.46. The van der Waals surface area contributed by atoms with Crippen molar-refractivity contribution >= 4 is 6.03 Å². The van der Waals surface area contributed by atoms with Crippen molar-refractivity contribution in [3.8, 4) is 0 Å². The minimum atomic E-state index is 0.0910. The number of nitrogens with zero attached hydrogens (tertiary/aromatic N) is 3. The monoisotopic (exact) mass is 270 g/mol. The predicted molar refractivity (Wildman–Crippen MR) is 79.5 cm³/mol. The summed E-state index contributed by atoms with van der Waals surface area (Å²) in [6.45, 7) is 13.0. The van der Waals surface area contributed by atoms with Gasteiger partial charge in [-0.15, -0.1) is 0 Å². The lowest BCUT2D eigenvalue weighted by molar-refractivity contribution is 0.141. The van der Waals surface area contributed by atoms with E-state index in [-0.39, 0.29) is 6.03 Å². The minimum absolute atomic E-state index is 0.0910. The third-order valence-electron chi connectivity index (χ3n) is 4.19. The second kappa shape index (κ2) is 8.38. The maximum Gasteiger partial charge on any atom is 0.317 e. The fourth-order valence-electron chi connectivity index (χ4n) is 2.25. The molecule has 1 N–H and O–H groups in total. The largest absolute Gasteiger partial charge is 0.337 e. The zero-order valence-corrected chi connectivity index (χ0v) is 13.0. The van der Waals surface area contributed by atoms with Crippen molar-refractivity contribution in [2.45, 2.75) is 33.2 Å². The lowest BCUT2D eigenvalue weighted by Crippen LogP contribution is -2.52. The molecule has 1 rings (SSSR count). The summed E-state index contributed by atoms with van der Waals surface area (Å²) < 4.78 is 0. The maximum absolute atomic E-state index is 12.0. The van der Waals surface area contributed by atoms with Crippen LogP contribution < -0.4 is 5.32 Å². The van der Waals surface area contributed by atoms with Gasteiger partial charge in [0.2, 0.25) is 0 Å². The summed E-state index contributed by atoms with van der Waals surface area (Å²) in [5.74, 6) is 0. The van der Waals surface area contributed by atoms with Crippen molar-refractivity contribution in [1.82, 2.24) is 20.0 Å². The molecule has 5 heteroatoms. The highest BCUT2D eigenvalue weighted by molar-refractivity contribution is 5.74. The quantitative estimate of drug-likeness (QED) is 0.784. The zero-order chi connectivity index (χ0) is 14.3. The van der Waals surface area contributed by atoms with Gasteiger partial charge in [-0.05, 0) is 26.9 Å². The van der Waals surface area contributed by atoms with Crippen LogP contribution in [0.4, 0.5) is 4.79 Å². The van der Waals surface area contributed by atoms with E-state index >= 15 is 0 Å². The summed E-state index contributed by atoms with van der Waals surface area (Å²) in [4.78, 5) is 18.6. The molecule has 0 aromatic rings. The number of piperazine rings is 1. The van der Waals surface area contributed by atoms with E-state index < -0.39 is 0 Å². The molecule has 5 nitrogen and oxygen atoms in total. The first-order chi connectivity index (χ1) is 9.08. The number of carbonyl (C=O) groups is 1. The van der Waals surface area contributed by atoms with Gasteiger partial charge >= 0.3 is 6.03 Å². The summed E-state index contributed by atoms with van der Waals surface area (Å²) in [6.07, 6.45) is 1.14. The molecule has 1 atom stereocenters. The van der Waals surface area contributed by atoms with Crippen LogP contribution in [-0.2, 0) is 0 Å².